The predicted octanol–water partition coefficient (Wildman–Crippen LogP) is 4.58. The zero-order chi connectivity index (χ0) is 19.0. The number of fused-ring (bicyclic) bond motifs is 1. The summed E-state index contributed by atoms with van der Waals surface area (Å²) in [5.74, 6) is 1.26. The molecule has 142 valence electrons. The highest BCUT2D eigenvalue weighted by Crippen LogP contribution is 2.34. The first-order valence-corrected chi connectivity index (χ1v) is 9.82. The van der Waals surface area contributed by atoms with Gasteiger partial charge in [-0.15, -0.1) is 5.10 Å². The Balaban J connectivity index is 1.86. The van der Waals surface area contributed by atoms with Crippen molar-refractivity contribution in [1.29, 1.82) is 0 Å². The lowest BCUT2D eigenvalue weighted by atomic mass is 9.96. The molecule has 0 aliphatic heterocycles. The normalized spacial score (nSPS) is 16.0. The van der Waals surface area contributed by atoms with E-state index in [0.29, 0.717) is 23.5 Å². The molecule has 3 N–H and O–H groups in total. The topological polar surface area (TPSA) is 81.7 Å². The van der Waals surface area contributed by atoms with Crippen LogP contribution in [-0.2, 0) is 5.54 Å². The number of nitrogens with zero attached hydrogens (tertiary/aromatic N) is 4. The van der Waals surface area contributed by atoms with Crippen molar-refractivity contribution in [1.82, 2.24) is 19.7 Å². The minimum atomic E-state index is -0.226. The minimum Gasteiger partial charge on any atom is -0.383 e. The van der Waals surface area contributed by atoms with E-state index in [4.69, 9.17) is 20.8 Å². The van der Waals surface area contributed by atoms with Crippen molar-refractivity contribution in [3.05, 3.63) is 30.3 Å². The van der Waals surface area contributed by atoms with Gasteiger partial charge in [0.05, 0.1) is 16.6 Å². The van der Waals surface area contributed by atoms with Gasteiger partial charge in [-0.25, -0.2) is 9.67 Å². The molecule has 6 heteroatoms. The Morgan fingerprint density at radius 1 is 1.04 bits per heavy atom. The third kappa shape index (κ3) is 3.48. The molecular formula is C21H28N6. The van der Waals surface area contributed by atoms with E-state index < -0.39 is 0 Å². The first-order valence-electron chi connectivity index (χ1n) is 9.82. The van der Waals surface area contributed by atoms with Crippen LogP contribution >= 0.6 is 0 Å². The van der Waals surface area contributed by atoms with E-state index in [1.807, 2.05) is 22.9 Å². The summed E-state index contributed by atoms with van der Waals surface area (Å²) in [4.78, 5) is 9.58. The molecule has 0 bridgehead atoms. The molecule has 2 heterocycles. The quantitative estimate of drug-likeness (QED) is 0.711. The summed E-state index contributed by atoms with van der Waals surface area (Å²) in [6.45, 7) is 6.27. The van der Waals surface area contributed by atoms with E-state index in [9.17, 15) is 0 Å². The molecule has 0 spiro atoms. The summed E-state index contributed by atoms with van der Waals surface area (Å²) < 4.78 is 1.85. The Morgan fingerprint density at radius 3 is 2.41 bits per heavy atom. The number of rotatable bonds is 3. The molecule has 0 atom stereocenters. The fraction of sp³-hybridized carbons (Fsp3) is 0.476. The molecule has 0 saturated heterocycles. The molecule has 4 rings (SSSR count). The van der Waals surface area contributed by atoms with E-state index in [2.05, 4.69) is 38.2 Å². The van der Waals surface area contributed by atoms with Gasteiger partial charge in [0.15, 0.2) is 5.65 Å². The number of benzene rings is 1. The first kappa shape index (κ1) is 17.8. The molecule has 0 radical (unpaired) electrons. The molecule has 27 heavy (non-hydrogen) atoms. The number of anilines is 2. The molecule has 0 amide bonds. The Labute approximate surface area is 160 Å². The van der Waals surface area contributed by atoms with Gasteiger partial charge in [-0.3, -0.25) is 0 Å². The third-order valence-corrected chi connectivity index (χ3v) is 5.19. The number of aromatic nitrogens is 4. The second-order valence-electron chi connectivity index (χ2n) is 8.41. The number of hydrogen-bond donors (Lipinski definition) is 2. The Kier molecular flexibility index (Phi) is 4.50. The fourth-order valence-corrected chi connectivity index (χ4v) is 3.82. The third-order valence-electron chi connectivity index (χ3n) is 5.19. The van der Waals surface area contributed by atoms with Gasteiger partial charge < -0.3 is 11.1 Å². The largest absolute Gasteiger partial charge is 0.383 e. The van der Waals surface area contributed by atoms with Crippen molar-refractivity contribution in [2.24, 2.45) is 0 Å². The maximum absolute atomic E-state index is 6.50. The highest BCUT2D eigenvalue weighted by atomic mass is 15.4. The van der Waals surface area contributed by atoms with Crippen molar-refractivity contribution in [2.75, 3.05) is 11.1 Å². The Hall–Kier alpha value is -2.63. The van der Waals surface area contributed by atoms with Gasteiger partial charge in [0.25, 0.3) is 0 Å². The van der Waals surface area contributed by atoms with E-state index in [1.54, 1.807) is 0 Å². The van der Waals surface area contributed by atoms with Crippen LogP contribution in [0.15, 0.2) is 30.3 Å². The lowest BCUT2D eigenvalue weighted by molar-refractivity contribution is 0.364. The second kappa shape index (κ2) is 6.83. The summed E-state index contributed by atoms with van der Waals surface area (Å²) >= 11 is 0. The highest BCUT2D eigenvalue weighted by Gasteiger charge is 2.24. The zero-order valence-electron chi connectivity index (χ0n) is 16.4. The van der Waals surface area contributed by atoms with Crippen LogP contribution in [0.5, 0.6) is 0 Å². The second-order valence-corrected chi connectivity index (χ2v) is 8.41. The average molecular weight is 364 g/mol. The van der Waals surface area contributed by atoms with Crippen LogP contribution in [0.2, 0.25) is 0 Å². The first-order chi connectivity index (χ1) is 12.9. The lowest BCUT2D eigenvalue weighted by Crippen LogP contribution is -2.24. The van der Waals surface area contributed by atoms with Crippen LogP contribution in [0.1, 0.15) is 52.9 Å². The minimum absolute atomic E-state index is 0.226. The number of nitrogens with one attached hydrogen (secondary N) is 1. The van der Waals surface area contributed by atoms with E-state index in [-0.39, 0.29) is 5.54 Å². The Bertz CT molecular complexity index is 933. The lowest BCUT2D eigenvalue weighted by Gasteiger charge is -2.22. The van der Waals surface area contributed by atoms with Crippen molar-refractivity contribution >= 4 is 22.8 Å². The van der Waals surface area contributed by atoms with Crippen LogP contribution in [0.25, 0.3) is 22.3 Å². The Morgan fingerprint density at radius 2 is 1.74 bits per heavy atom. The van der Waals surface area contributed by atoms with E-state index >= 15 is 0 Å². The highest BCUT2D eigenvalue weighted by molar-refractivity contribution is 5.99. The van der Waals surface area contributed by atoms with Gasteiger partial charge in [0, 0.05) is 11.6 Å². The maximum atomic E-state index is 6.50. The standard InChI is InChI=1S/C21H28N6/c1-21(2,3)27-18(22)16-17(14-10-6-4-7-11-14)24-20(25-19(16)26-27)23-15-12-8-5-9-13-15/h4,6-7,10-11,15H,5,8-9,12-13,22H2,1-3H3,(H,23,25,26). The number of nitrogen functional groups attached to an aromatic ring is 1. The van der Waals surface area contributed by atoms with Crippen LogP contribution in [0.3, 0.4) is 0 Å². The molecule has 1 fully saturated rings. The molecule has 1 aliphatic carbocycles. The molecule has 2 aromatic heterocycles. The van der Waals surface area contributed by atoms with Crippen molar-refractivity contribution in [3.8, 4) is 11.3 Å². The SMILES string of the molecule is CC(C)(C)n1nc2nc(NC3CCCCC3)nc(-c3ccccc3)c2c1N. The monoisotopic (exact) mass is 364 g/mol. The van der Waals surface area contributed by atoms with Crippen molar-refractivity contribution in [3.63, 3.8) is 0 Å². The van der Waals surface area contributed by atoms with E-state index in [1.165, 1.54) is 32.1 Å². The maximum Gasteiger partial charge on any atom is 0.225 e. The molecular weight excluding hydrogens is 336 g/mol. The van der Waals surface area contributed by atoms with Crippen molar-refractivity contribution < 1.29 is 0 Å². The molecule has 1 saturated carbocycles. The molecule has 6 nitrogen and oxygen atoms in total. The summed E-state index contributed by atoms with van der Waals surface area (Å²) in [5.41, 5.74) is 8.78. The van der Waals surface area contributed by atoms with Gasteiger partial charge in [0.2, 0.25) is 5.95 Å². The van der Waals surface area contributed by atoms with Crippen LogP contribution in [-0.4, -0.2) is 25.8 Å². The van der Waals surface area contributed by atoms with Gasteiger partial charge >= 0.3 is 0 Å². The molecule has 0 unspecified atom stereocenters. The van der Waals surface area contributed by atoms with Crippen molar-refractivity contribution in [2.45, 2.75) is 64.5 Å². The predicted molar refractivity (Wildman–Crippen MR) is 111 cm³/mol. The summed E-state index contributed by atoms with van der Waals surface area (Å²) in [7, 11) is 0. The van der Waals surface area contributed by atoms with Crippen LogP contribution in [0.4, 0.5) is 11.8 Å². The van der Waals surface area contributed by atoms with Crippen LogP contribution < -0.4 is 11.1 Å². The summed E-state index contributed by atoms with van der Waals surface area (Å²) in [6.07, 6.45) is 6.18. The summed E-state index contributed by atoms with van der Waals surface area (Å²) in [6, 6.07) is 10.6. The molecule has 3 aromatic rings. The van der Waals surface area contributed by atoms with Gasteiger partial charge in [-0.2, -0.15) is 4.98 Å². The molecule has 1 aliphatic rings. The molecule has 1 aromatic carbocycles. The van der Waals surface area contributed by atoms with Crippen LogP contribution in [0, 0.1) is 0 Å². The van der Waals surface area contributed by atoms with E-state index in [0.717, 1.165) is 16.6 Å². The number of nitrogens with two attached hydrogens (primary N) is 1. The smallest absolute Gasteiger partial charge is 0.225 e. The fourth-order valence-electron chi connectivity index (χ4n) is 3.82. The number of hydrogen-bond acceptors (Lipinski definition) is 5. The summed E-state index contributed by atoms with van der Waals surface area (Å²) in [5, 5.41) is 9.09. The average Bonchev–Trinajstić information content (AvgIpc) is 3.00. The van der Waals surface area contributed by atoms with Gasteiger partial charge in [0.1, 0.15) is 5.82 Å². The van der Waals surface area contributed by atoms with Gasteiger partial charge in [-0.05, 0) is 33.6 Å². The zero-order valence-corrected chi connectivity index (χ0v) is 16.4. The van der Waals surface area contributed by atoms with Gasteiger partial charge in [-0.1, -0.05) is 49.6 Å².